The molecule has 0 radical (unpaired) electrons. The number of ether oxygens (including phenoxy) is 3. The molecule has 2 aromatic rings. The van der Waals surface area contributed by atoms with Crippen LogP contribution in [0, 0.1) is 5.92 Å². The number of allylic oxidation sites excluding steroid dienone is 2. The quantitative estimate of drug-likeness (QED) is 0.272. The number of esters is 1. The zero-order valence-electron chi connectivity index (χ0n) is 20.7. The monoisotopic (exact) mass is 489 g/mol. The van der Waals surface area contributed by atoms with Crippen molar-refractivity contribution in [2.24, 2.45) is 11.0 Å². The van der Waals surface area contributed by atoms with Gasteiger partial charge in [0.2, 0.25) is 5.91 Å². The van der Waals surface area contributed by atoms with Crippen LogP contribution in [0.2, 0.25) is 0 Å². The fourth-order valence-electron chi connectivity index (χ4n) is 5.29. The van der Waals surface area contributed by atoms with E-state index in [2.05, 4.69) is 40.1 Å². The number of anilines is 1. The standard InChI is InChI=1S/C28H31N3O5/c1-17(30-31-25(32)16-28(2)35-13-14-36-28)20-11-12-24-23(15-20)21-5-4-6-22(21)26(29-24)18-7-9-19(10-8-18)27(33)34-3/h4-5,7-12,15,21-22,26,29H,6,13-14,16H2,1-3H3,(H,31,32)/t21-,22+,26+/m1/s1. The average molecular weight is 490 g/mol. The molecule has 1 fully saturated rings. The number of carbonyl (C=O) groups excluding carboxylic acids is 2. The molecule has 3 atom stereocenters. The first kappa shape index (κ1) is 24.2. The fourth-order valence-corrected chi connectivity index (χ4v) is 5.29. The molecule has 0 saturated carbocycles. The fraction of sp³-hybridized carbons (Fsp3) is 0.393. The van der Waals surface area contributed by atoms with Crippen LogP contribution in [-0.4, -0.2) is 43.7 Å². The maximum atomic E-state index is 12.3. The second-order valence-electron chi connectivity index (χ2n) is 9.63. The summed E-state index contributed by atoms with van der Waals surface area (Å²) in [6.45, 7) is 4.63. The average Bonchev–Trinajstić information content (AvgIpc) is 3.56. The van der Waals surface area contributed by atoms with Crippen LogP contribution in [-0.2, 0) is 19.0 Å². The molecule has 0 aromatic heterocycles. The van der Waals surface area contributed by atoms with E-state index in [1.54, 1.807) is 6.92 Å². The number of benzene rings is 2. The van der Waals surface area contributed by atoms with Crippen molar-refractivity contribution < 1.29 is 23.8 Å². The Morgan fingerprint density at radius 3 is 2.58 bits per heavy atom. The van der Waals surface area contributed by atoms with Gasteiger partial charge in [0.1, 0.15) is 0 Å². The molecule has 3 aliphatic rings. The Labute approximate surface area is 210 Å². The molecule has 8 heteroatoms. The van der Waals surface area contributed by atoms with Crippen molar-refractivity contribution in [1.82, 2.24) is 5.43 Å². The lowest BCUT2D eigenvalue weighted by Crippen LogP contribution is -2.33. The number of rotatable bonds is 6. The minimum Gasteiger partial charge on any atom is -0.465 e. The van der Waals surface area contributed by atoms with Crippen molar-refractivity contribution in [2.45, 2.75) is 44.4 Å². The number of hydrogen-bond donors (Lipinski definition) is 2. The van der Waals surface area contributed by atoms with Gasteiger partial charge in [0.15, 0.2) is 5.79 Å². The SMILES string of the molecule is COC(=O)c1ccc([C@@H]2Nc3ccc(C(C)=NNC(=O)CC4(C)OCCO4)cc3[C@@H]3C=CC[C@@H]32)cc1. The van der Waals surface area contributed by atoms with E-state index < -0.39 is 5.79 Å². The van der Waals surface area contributed by atoms with Gasteiger partial charge in [0.25, 0.3) is 0 Å². The van der Waals surface area contributed by atoms with Crippen molar-refractivity contribution in [1.29, 1.82) is 0 Å². The van der Waals surface area contributed by atoms with Gasteiger partial charge in [-0.2, -0.15) is 5.10 Å². The van der Waals surface area contributed by atoms with Crippen LogP contribution in [0.4, 0.5) is 5.69 Å². The Kier molecular flexibility index (Phi) is 6.64. The van der Waals surface area contributed by atoms with Crippen LogP contribution >= 0.6 is 0 Å². The first-order chi connectivity index (χ1) is 17.4. The van der Waals surface area contributed by atoms with Crippen LogP contribution in [0.5, 0.6) is 0 Å². The van der Waals surface area contributed by atoms with Gasteiger partial charge in [-0.25, -0.2) is 10.2 Å². The Bertz CT molecular complexity index is 1210. The van der Waals surface area contributed by atoms with E-state index in [4.69, 9.17) is 14.2 Å². The number of methoxy groups -OCH3 is 1. The first-order valence-corrected chi connectivity index (χ1v) is 12.2. The molecule has 0 unspecified atom stereocenters. The van der Waals surface area contributed by atoms with Gasteiger partial charge in [-0.3, -0.25) is 4.79 Å². The van der Waals surface area contributed by atoms with Crippen LogP contribution in [0.1, 0.15) is 65.7 Å². The van der Waals surface area contributed by atoms with Gasteiger partial charge in [-0.15, -0.1) is 0 Å². The summed E-state index contributed by atoms with van der Waals surface area (Å²) in [5.41, 5.74) is 8.29. The molecule has 1 amide bonds. The first-order valence-electron chi connectivity index (χ1n) is 12.2. The lowest BCUT2D eigenvalue weighted by Gasteiger charge is -2.37. The lowest BCUT2D eigenvalue weighted by molar-refractivity contribution is -0.159. The summed E-state index contributed by atoms with van der Waals surface area (Å²) in [5.74, 6) is -0.839. The molecule has 0 bridgehead atoms. The summed E-state index contributed by atoms with van der Waals surface area (Å²) in [6, 6.07) is 14.0. The van der Waals surface area contributed by atoms with Gasteiger partial charge < -0.3 is 19.5 Å². The second kappa shape index (κ2) is 9.87. The van der Waals surface area contributed by atoms with Gasteiger partial charge in [-0.05, 0) is 67.1 Å². The summed E-state index contributed by atoms with van der Waals surface area (Å²) in [7, 11) is 1.39. The van der Waals surface area contributed by atoms with Gasteiger partial charge in [0, 0.05) is 11.6 Å². The highest BCUT2D eigenvalue weighted by Gasteiger charge is 2.38. The van der Waals surface area contributed by atoms with Crippen molar-refractivity contribution in [3.8, 4) is 0 Å². The second-order valence-corrected chi connectivity index (χ2v) is 9.63. The van der Waals surface area contributed by atoms with Gasteiger partial charge in [-0.1, -0.05) is 30.4 Å². The molecule has 2 aliphatic heterocycles. The van der Waals surface area contributed by atoms with E-state index in [9.17, 15) is 9.59 Å². The molecule has 1 saturated heterocycles. The van der Waals surface area contributed by atoms with Crippen molar-refractivity contribution in [2.75, 3.05) is 25.6 Å². The number of amides is 1. The summed E-state index contributed by atoms with van der Waals surface area (Å²) >= 11 is 0. The Balaban J connectivity index is 1.32. The smallest absolute Gasteiger partial charge is 0.337 e. The molecule has 188 valence electrons. The van der Waals surface area contributed by atoms with Crippen LogP contribution in [0.15, 0.2) is 59.7 Å². The molecule has 1 aliphatic carbocycles. The van der Waals surface area contributed by atoms with Crippen molar-refractivity contribution >= 4 is 23.3 Å². The van der Waals surface area contributed by atoms with Crippen molar-refractivity contribution in [3.63, 3.8) is 0 Å². The van der Waals surface area contributed by atoms with E-state index in [-0.39, 0.29) is 30.3 Å². The summed E-state index contributed by atoms with van der Waals surface area (Å²) in [4.78, 5) is 24.2. The molecule has 0 spiro atoms. The zero-order chi connectivity index (χ0) is 25.3. The molecule has 8 nitrogen and oxygen atoms in total. The van der Waals surface area contributed by atoms with E-state index in [1.807, 2.05) is 37.3 Å². The minimum absolute atomic E-state index is 0.0917. The number of nitrogens with zero attached hydrogens (tertiary/aromatic N) is 1. The summed E-state index contributed by atoms with van der Waals surface area (Å²) in [5, 5.41) is 8.04. The van der Waals surface area contributed by atoms with Crippen LogP contribution in [0.25, 0.3) is 0 Å². The van der Waals surface area contributed by atoms with Crippen LogP contribution < -0.4 is 10.7 Å². The number of fused-ring (bicyclic) bond motifs is 3. The Morgan fingerprint density at radius 2 is 1.86 bits per heavy atom. The third-order valence-electron chi connectivity index (χ3n) is 7.20. The highest BCUT2D eigenvalue weighted by molar-refractivity contribution is 6.00. The van der Waals surface area contributed by atoms with E-state index in [1.165, 1.54) is 12.7 Å². The molecule has 36 heavy (non-hydrogen) atoms. The predicted octanol–water partition coefficient (Wildman–Crippen LogP) is 4.29. The van der Waals surface area contributed by atoms with E-state index in [0.29, 0.717) is 24.7 Å². The summed E-state index contributed by atoms with van der Waals surface area (Å²) in [6.07, 6.45) is 5.58. The van der Waals surface area contributed by atoms with Crippen molar-refractivity contribution in [3.05, 3.63) is 76.9 Å². The molecule has 2 heterocycles. The number of carbonyl (C=O) groups is 2. The predicted molar refractivity (Wildman–Crippen MR) is 136 cm³/mol. The minimum atomic E-state index is -0.884. The Hall–Kier alpha value is -3.49. The maximum Gasteiger partial charge on any atom is 0.337 e. The largest absolute Gasteiger partial charge is 0.465 e. The third-order valence-corrected chi connectivity index (χ3v) is 7.20. The van der Waals surface area contributed by atoms with E-state index >= 15 is 0 Å². The highest BCUT2D eigenvalue weighted by Crippen LogP contribution is 2.50. The molecule has 5 rings (SSSR count). The number of nitrogens with one attached hydrogen (secondary N) is 2. The molecular weight excluding hydrogens is 458 g/mol. The van der Waals surface area contributed by atoms with Crippen LogP contribution in [0.3, 0.4) is 0 Å². The Morgan fingerprint density at radius 1 is 1.14 bits per heavy atom. The van der Waals surface area contributed by atoms with Gasteiger partial charge >= 0.3 is 5.97 Å². The zero-order valence-corrected chi connectivity index (χ0v) is 20.7. The maximum absolute atomic E-state index is 12.3. The normalized spacial score (nSPS) is 24.0. The van der Waals surface area contributed by atoms with E-state index in [0.717, 1.165) is 28.9 Å². The summed E-state index contributed by atoms with van der Waals surface area (Å²) < 4.78 is 15.8. The third kappa shape index (κ3) is 4.79. The topological polar surface area (TPSA) is 98.2 Å². The molecular formula is C28H31N3O5. The van der Waals surface area contributed by atoms with Gasteiger partial charge in [0.05, 0.1) is 44.1 Å². The lowest BCUT2D eigenvalue weighted by atomic mass is 9.76. The highest BCUT2D eigenvalue weighted by atomic mass is 16.7. The molecule has 2 N–H and O–H groups in total. The molecule has 2 aromatic carbocycles. The number of hydrazone groups is 1. The number of hydrogen-bond acceptors (Lipinski definition) is 7.